The minimum Gasteiger partial charge on any atom is -0.324 e. The molecule has 0 aromatic carbocycles. The largest absolute Gasteiger partial charge is 0.324 e. The molecule has 0 saturated heterocycles. The molecule has 4 heteroatoms. The fourth-order valence-corrected chi connectivity index (χ4v) is 0.538. The number of carbonyl (C=O) groups excluding carboxylic acids is 2. The Labute approximate surface area is 61.7 Å². The van der Waals surface area contributed by atoms with Crippen LogP contribution in [-0.4, -0.2) is 17.0 Å². The van der Waals surface area contributed by atoms with Crippen molar-refractivity contribution in [2.75, 3.05) is 6.54 Å². The minimum absolute atomic E-state index is 0.0281. The second-order valence-corrected chi connectivity index (χ2v) is 2.48. The molecule has 0 heterocycles. The summed E-state index contributed by atoms with van der Waals surface area (Å²) in [7, 11) is 0. The van der Waals surface area contributed by atoms with Gasteiger partial charge >= 0.3 is 0 Å². The molecule has 0 aliphatic carbocycles. The molecule has 0 unspecified atom stereocenters. The molecule has 0 aromatic rings. The Hall–Kier alpha value is -0.220. The van der Waals surface area contributed by atoms with Crippen molar-refractivity contribution in [2.45, 2.75) is 12.8 Å². The summed E-state index contributed by atoms with van der Waals surface area (Å²) < 4.78 is -0.149. The van der Waals surface area contributed by atoms with Crippen LogP contribution in [-0.2, 0) is 9.59 Å². The van der Waals surface area contributed by atoms with Crippen molar-refractivity contribution < 1.29 is 9.59 Å². The molecule has 0 aromatic heterocycles. The number of halogens is 1. The Morgan fingerprint density at radius 1 is 1.33 bits per heavy atom. The summed E-state index contributed by atoms with van der Waals surface area (Å²) >= 11 is 2.70. The molecule has 0 radical (unpaired) electrons. The number of Topliss-reactive ketones (excluding diaryl/α,β-unsaturated/α-hetero) is 1. The smallest absolute Gasteiger partial charge is 0.198 e. The first-order chi connectivity index (χ1) is 4.16. The SMILES string of the molecule is NCC(=O)CCC(=O)Br. The van der Waals surface area contributed by atoms with Gasteiger partial charge in [-0.1, -0.05) is 0 Å². The summed E-state index contributed by atoms with van der Waals surface area (Å²) in [5.74, 6) is -0.0807. The van der Waals surface area contributed by atoms with Crippen LogP contribution in [0, 0.1) is 0 Å². The fourth-order valence-electron chi connectivity index (χ4n) is 0.340. The zero-order valence-corrected chi connectivity index (χ0v) is 6.48. The van der Waals surface area contributed by atoms with Crippen LogP contribution in [0.4, 0.5) is 0 Å². The molecule has 0 spiro atoms. The Balaban J connectivity index is 3.28. The van der Waals surface area contributed by atoms with Gasteiger partial charge in [0.05, 0.1) is 6.54 Å². The Morgan fingerprint density at radius 2 is 1.89 bits per heavy atom. The molecule has 0 aliphatic heterocycles. The first-order valence-electron chi connectivity index (χ1n) is 2.57. The molecule has 0 saturated carbocycles. The Kier molecular flexibility index (Phi) is 4.53. The average molecular weight is 194 g/mol. The number of hydrogen-bond donors (Lipinski definition) is 1. The van der Waals surface area contributed by atoms with E-state index in [-0.39, 0.29) is 29.9 Å². The van der Waals surface area contributed by atoms with Gasteiger partial charge in [-0.2, -0.15) is 0 Å². The fraction of sp³-hybridized carbons (Fsp3) is 0.600. The highest BCUT2D eigenvalue weighted by Crippen LogP contribution is 1.96. The molecule has 0 bridgehead atoms. The van der Waals surface area contributed by atoms with Gasteiger partial charge in [0.15, 0.2) is 4.69 Å². The van der Waals surface area contributed by atoms with Gasteiger partial charge in [0, 0.05) is 12.8 Å². The summed E-state index contributed by atoms with van der Waals surface area (Å²) in [6.07, 6.45) is 0.497. The van der Waals surface area contributed by atoms with Crippen molar-refractivity contribution >= 4 is 26.4 Å². The summed E-state index contributed by atoms with van der Waals surface area (Å²) in [6.45, 7) is 0.0281. The van der Waals surface area contributed by atoms with Crippen LogP contribution in [0.1, 0.15) is 12.8 Å². The summed E-state index contributed by atoms with van der Waals surface area (Å²) in [5, 5.41) is 0. The second kappa shape index (κ2) is 4.64. The molecule has 0 aliphatic rings. The van der Waals surface area contributed by atoms with Crippen LogP contribution >= 0.6 is 15.9 Å². The third-order valence-electron chi connectivity index (χ3n) is 0.828. The van der Waals surface area contributed by atoms with Crippen LogP contribution in [0.15, 0.2) is 0 Å². The van der Waals surface area contributed by atoms with Crippen molar-refractivity contribution in [3.63, 3.8) is 0 Å². The highest BCUT2D eigenvalue weighted by Gasteiger charge is 2.00. The monoisotopic (exact) mass is 193 g/mol. The number of carbonyl (C=O) groups is 2. The van der Waals surface area contributed by atoms with E-state index in [0.717, 1.165) is 0 Å². The van der Waals surface area contributed by atoms with Crippen molar-refractivity contribution in [1.29, 1.82) is 0 Å². The predicted molar refractivity (Wildman–Crippen MR) is 37.2 cm³/mol. The first-order valence-corrected chi connectivity index (χ1v) is 3.36. The average Bonchev–Trinajstić information content (AvgIpc) is 1.83. The van der Waals surface area contributed by atoms with Crippen molar-refractivity contribution in [3.8, 4) is 0 Å². The van der Waals surface area contributed by atoms with Gasteiger partial charge in [0.1, 0.15) is 5.78 Å². The molecular weight excluding hydrogens is 186 g/mol. The van der Waals surface area contributed by atoms with E-state index in [9.17, 15) is 9.59 Å². The lowest BCUT2D eigenvalue weighted by Crippen LogP contribution is -2.13. The maximum Gasteiger partial charge on any atom is 0.198 e. The molecule has 0 rings (SSSR count). The number of hydrogen-bond acceptors (Lipinski definition) is 3. The molecule has 9 heavy (non-hydrogen) atoms. The number of nitrogens with two attached hydrogens (primary N) is 1. The highest BCUT2D eigenvalue weighted by molar-refractivity contribution is 9.18. The maximum absolute atomic E-state index is 10.4. The minimum atomic E-state index is -0.149. The zero-order chi connectivity index (χ0) is 7.28. The standard InChI is InChI=1S/C5H8BrNO2/c6-5(9)2-1-4(8)3-7/h1-3,7H2. The van der Waals surface area contributed by atoms with E-state index in [0.29, 0.717) is 0 Å². The van der Waals surface area contributed by atoms with Crippen LogP contribution < -0.4 is 5.73 Å². The quantitative estimate of drug-likeness (QED) is 0.651. The molecule has 0 atom stereocenters. The molecule has 2 N–H and O–H groups in total. The maximum atomic E-state index is 10.4. The molecule has 3 nitrogen and oxygen atoms in total. The van der Waals surface area contributed by atoms with E-state index in [1.165, 1.54) is 0 Å². The van der Waals surface area contributed by atoms with Gasteiger partial charge < -0.3 is 5.73 Å². The van der Waals surface area contributed by atoms with Crippen molar-refractivity contribution in [1.82, 2.24) is 0 Å². The second-order valence-electron chi connectivity index (χ2n) is 1.60. The normalized spacial score (nSPS) is 9.11. The predicted octanol–water partition coefficient (Wildman–Crippen LogP) is 0.216. The van der Waals surface area contributed by atoms with Gasteiger partial charge in [0.25, 0.3) is 0 Å². The summed E-state index contributed by atoms with van der Waals surface area (Å²) in [4.78, 5) is 20.6. The summed E-state index contributed by atoms with van der Waals surface area (Å²) in [6, 6.07) is 0. The van der Waals surface area contributed by atoms with Crippen LogP contribution in [0.3, 0.4) is 0 Å². The lowest BCUT2D eigenvalue weighted by molar-refractivity contribution is -0.120. The van der Waals surface area contributed by atoms with Gasteiger partial charge in [-0.3, -0.25) is 9.59 Å². The van der Waals surface area contributed by atoms with Gasteiger partial charge in [-0.05, 0) is 15.9 Å². The highest BCUT2D eigenvalue weighted by atomic mass is 79.9. The van der Waals surface area contributed by atoms with E-state index in [4.69, 9.17) is 5.73 Å². The Bertz CT molecular complexity index is 124. The third-order valence-corrected chi connectivity index (χ3v) is 1.22. The molecule has 0 fully saturated rings. The van der Waals surface area contributed by atoms with Gasteiger partial charge in [0.2, 0.25) is 0 Å². The van der Waals surface area contributed by atoms with Crippen LogP contribution in [0.5, 0.6) is 0 Å². The molecular formula is C5H8BrNO2. The molecule has 0 amide bonds. The zero-order valence-electron chi connectivity index (χ0n) is 4.89. The number of ketones is 1. The van der Waals surface area contributed by atoms with E-state index >= 15 is 0 Å². The lowest BCUT2D eigenvalue weighted by Gasteiger charge is -1.90. The van der Waals surface area contributed by atoms with E-state index in [2.05, 4.69) is 15.9 Å². The lowest BCUT2D eigenvalue weighted by atomic mass is 10.2. The van der Waals surface area contributed by atoms with E-state index in [1.807, 2.05) is 0 Å². The molecule has 52 valence electrons. The van der Waals surface area contributed by atoms with Crippen LogP contribution in [0.25, 0.3) is 0 Å². The third kappa shape index (κ3) is 5.65. The Morgan fingerprint density at radius 3 is 2.22 bits per heavy atom. The van der Waals surface area contributed by atoms with Gasteiger partial charge in [-0.15, -0.1) is 0 Å². The van der Waals surface area contributed by atoms with Crippen molar-refractivity contribution in [2.24, 2.45) is 5.73 Å². The van der Waals surface area contributed by atoms with Crippen LogP contribution in [0.2, 0.25) is 0 Å². The van der Waals surface area contributed by atoms with Crippen molar-refractivity contribution in [3.05, 3.63) is 0 Å². The van der Waals surface area contributed by atoms with E-state index < -0.39 is 0 Å². The number of rotatable bonds is 4. The summed E-state index contributed by atoms with van der Waals surface area (Å²) in [5.41, 5.74) is 4.98. The van der Waals surface area contributed by atoms with E-state index in [1.54, 1.807) is 0 Å². The topological polar surface area (TPSA) is 60.2 Å². The first kappa shape index (κ1) is 8.78. The van der Waals surface area contributed by atoms with Gasteiger partial charge in [-0.25, -0.2) is 0 Å².